The van der Waals surface area contributed by atoms with E-state index in [1.165, 1.54) is 16.7 Å². The summed E-state index contributed by atoms with van der Waals surface area (Å²) in [5.41, 5.74) is 9.93. The molecule has 1 atom stereocenters. The molecule has 0 fully saturated rings. The highest BCUT2D eigenvalue weighted by molar-refractivity contribution is 9.10. The van der Waals surface area contributed by atoms with Crippen molar-refractivity contribution in [3.05, 3.63) is 69.7 Å². The maximum absolute atomic E-state index is 6.07. The summed E-state index contributed by atoms with van der Waals surface area (Å²) < 4.78 is 1.15. The Morgan fingerprint density at radius 3 is 2.43 bits per heavy atom. The van der Waals surface area contributed by atoms with Crippen molar-refractivity contribution in [2.75, 3.05) is 13.1 Å². The molecule has 0 aromatic heterocycles. The highest BCUT2D eigenvalue weighted by Gasteiger charge is 2.18. The molecular formula is C18H23BrN2. The van der Waals surface area contributed by atoms with Gasteiger partial charge in [0.2, 0.25) is 0 Å². The van der Waals surface area contributed by atoms with Crippen LogP contribution in [-0.2, 0) is 6.54 Å². The van der Waals surface area contributed by atoms with Crippen molar-refractivity contribution in [1.82, 2.24) is 4.90 Å². The van der Waals surface area contributed by atoms with Crippen LogP contribution in [0.3, 0.4) is 0 Å². The second-order valence-electron chi connectivity index (χ2n) is 5.31. The highest BCUT2D eigenvalue weighted by atomic mass is 79.9. The fraction of sp³-hybridized carbons (Fsp3) is 0.333. The van der Waals surface area contributed by atoms with Crippen molar-refractivity contribution >= 4 is 15.9 Å². The Morgan fingerprint density at radius 1 is 1.14 bits per heavy atom. The van der Waals surface area contributed by atoms with E-state index in [1.807, 2.05) is 0 Å². The molecule has 0 amide bonds. The predicted molar refractivity (Wildman–Crippen MR) is 93.2 cm³/mol. The van der Waals surface area contributed by atoms with E-state index in [0.29, 0.717) is 6.54 Å². The van der Waals surface area contributed by atoms with E-state index in [9.17, 15) is 0 Å². The lowest BCUT2D eigenvalue weighted by Gasteiger charge is -2.30. The number of hydrogen-bond acceptors (Lipinski definition) is 2. The smallest absolute Gasteiger partial charge is 0.0473 e. The lowest BCUT2D eigenvalue weighted by molar-refractivity contribution is 0.203. The van der Waals surface area contributed by atoms with Crippen molar-refractivity contribution in [1.29, 1.82) is 0 Å². The first-order chi connectivity index (χ1) is 10.2. The summed E-state index contributed by atoms with van der Waals surface area (Å²) in [5.74, 6) is 0. The van der Waals surface area contributed by atoms with Crippen LogP contribution >= 0.6 is 15.9 Å². The molecule has 0 saturated heterocycles. The number of nitrogens with two attached hydrogens (primary N) is 1. The maximum atomic E-state index is 6.07. The quantitative estimate of drug-likeness (QED) is 0.845. The molecule has 112 valence electrons. The average Bonchev–Trinajstić information content (AvgIpc) is 2.51. The van der Waals surface area contributed by atoms with Crippen molar-refractivity contribution in [3.8, 4) is 0 Å². The molecule has 0 aliphatic rings. The lowest BCUT2D eigenvalue weighted by Crippen LogP contribution is -2.33. The molecule has 0 aliphatic carbocycles. The van der Waals surface area contributed by atoms with Crippen LogP contribution in [0.1, 0.15) is 29.7 Å². The van der Waals surface area contributed by atoms with E-state index in [0.717, 1.165) is 17.6 Å². The van der Waals surface area contributed by atoms with Gasteiger partial charge in [0, 0.05) is 23.6 Å². The first-order valence-corrected chi connectivity index (χ1v) is 8.19. The lowest BCUT2D eigenvalue weighted by atomic mass is 10.0. The summed E-state index contributed by atoms with van der Waals surface area (Å²) in [6.45, 7) is 6.84. The third-order valence-electron chi connectivity index (χ3n) is 3.87. The van der Waals surface area contributed by atoms with Gasteiger partial charge in [0.1, 0.15) is 0 Å². The number of hydrogen-bond donors (Lipinski definition) is 1. The summed E-state index contributed by atoms with van der Waals surface area (Å²) in [6, 6.07) is 17.3. The summed E-state index contributed by atoms with van der Waals surface area (Å²) in [6.07, 6.45) is 0. The second-order valence-corrected chi connectivity index (χ2v) is 6.16. The third kappa shape index (κ3) is 4.16. The molecule has 2 N–H and O–H groups in total. The summed E-state index contributed by atoms with van der Waals surface area (Å²) in [4.78, 5) is 2.43. The van der Waals surface area contributed by atoms with Gasteiger partial charge in [-0.2, -0.15) is 0 Å². The summed E-state index contributed by atoms with van der Waals surface area (Å²) in [7, 11) is 0. The molecule has 0 radical (unpaired) electrons. The fourth-order valence-corrected chi connectivity index (χ4v) is 2.88. The minimum atomic E-state index is 0.252. The first kappa shape index (κ1) is 16.2. The van der Waals surface area contributed by atoms with Crippen LogP contribution in [0.15, 0.2) is 53.0 Å². The molecule has 0 aliphatic heterocycles. The standard InChI is InChI=1S/C18H23BrN2/c1-3-21(13-15-7-5-4-6-8-15)18(12-20)16-9-10-17(19)14(2)11-16/h4-11,18H,3,12-13,20H2,1-2H3. The molecular weight excluding hydrogens is 324 g/mol. The van der Waals surface area contributed by atoms with Gasteiger partial charge in [0.15, 0.2) is 0 Å². The Hall–Kier alpha value is -1.16. The number of rotatable bonds is 6. The fourth-order valence-electron chi connectivity index (χ4n) is 2.63. The van der Waals surface area contributed by atoms with Crippen LogP contribution < -0.4 is 5.73 Å². The highest BCUT2D eigenvalue weighted by Crippen LogP contribution is 2.25. The van der Waals surface area contributed by atoms with Crippen molar-refractivity contribution in [2.24, 2.45) is 5.73 Å². The van der Waals surface area contributed by atoms with E-state index in [1.54, 1.807) is 0 Å². The van der Waals surface area contributed by atoms with Crippen LogP contribution in [0.5, 0.6) is 0 Å². The number of likely N-dealkylation sites (N-methyl/N-ethyl adjacent to an activating group) is 1. The molecule has 0 heterocycles. The monoisotopic (exact) mass is 346 g/mol. The van der Waals surface area contributed by atoms with E-state index >= 15 is 0 Å². The Balaban J connectivity index is 2.22. The summed E-state index contributed by atoms with van der Waals surface area (Å²) in [5, 5.41) is 0. The van der Waals surface area contributed by atoms with Crippen LogP contribution in [-0.4, -0.2) is 18.0 Å². The number of halogens is 1. The number of benzene rings is 2. The molecule has 21 heavy (non-hydrogen) atoms. The van der Waals surface area contributed by atoms with Crippen LogP contribution in [0.2, 0.25) is 0 Å². The van der Waals surface area contributed by atoms with Crippen molar-refractivity contribution in [3.63, 3.8) is 0 Å². The van der Waals surface area contributed by atoms with Gasteiger partial charge in [-0.05, 0) is 36.2 Å². The predicted octanol–water partition coefficient (Wildman–Crippen LogP) is 4.28. The van der Waals surface area contributed by atoms with E-state index in [2.05, 4.69) is 83.2 Å². The third-order valence-corrected chi connectivity index (χ3v) is 4.76. The topological polar surface area (TPSA) is 29.3 Å². The summed E-state index contributed by atoms with van der Waals surface area (Å²) >= 11 is 3.56. The molecule has 3 heteroatoms. The van der Waals surface area contributed by atoms with Crippen LogP contribution in [0.4, 0.5) is 0 Å². The Labute approximate surface area is 136 Å². The minimum Gasteiger partial charge on any atom is -0.329 e. The van der Waals surface area contributed by atoms with Gasteiger partial charge in [-0.1, -0.05) is 65.3 Å². The van der Waals surface area contributed by atoms with Crippen LogP contribution in [0, 0.1) is 6.92 Å². The molecule has 2 rings (SSSR count). The van der Waals surface area contributed by atoms with Crippen molar-refractivity contribution in [2.45, 2.75) is 26.4 Å². The zero-order valence-corrected chi connectivity index (χ0v) is 14.3. The molecule has 1 unspecified atom stereocenters. The van der Waals surface area contributed by atoms with Gasteiger partial charge in [-0.15, -0.1) is 0 Å². The number of aryl methyl sites for hydroxylation is 1. The zero-order valence-electron chi connectivity index (χ0n) is 12.7. The molecule has 2 nitrogen and oxygen atoms in total. The van der Waals surface area contributed by atoms with Gasteiger partial charge in [0.05, 0.1) is 0 Å². The first-order valence-electron chi connectivity index (χ1n) is 7.39. The average molecular weight is 347 g/mol. The molecule has 2 aromatic carbocycles. The van der Waals surface area contributed by atoms with E-state index < -0.39 is 0 Å². The van der Waals surface area contributed by atoms with Gasteiger partial charge >= 0.3 is 0 Å². The Kier molecular flexibility index (Phi) is 5.97. The van der Waals surface area contributed by atoms with Gasteiger partial charge in [-0.25, -0.2) is 0 Å². The van der Waals surface area contributed by atoms with Crippen LogP contribution in [0.25, 0.3) is 0 Å². The Bertz CT molecular complexity index is 569. The SMILES string of the molecule is CCN(Cc1ccccc1)C(CN)c1ccc(Br)c(C)c1. The van der Waals surface area contributed by atoms with E-state index in [4.69, 9.17) is 5.73 Å². The maximum Gasteiger partial charge on any atom is 0.0473 e. The van der Waals surface area contributed by atoms with E-state index in [-0.39, 0.29) is 6.04 Å². The molecule has 0 saturated carbocycles. The molecule has 0 bridgehead atoms. The normalized spacial score (nSPS) is 12.6. The molecule has 2 aromatic rings. The largest absolute Gasteiger partial charge is 0.329 e. The second kappa shape index (κ2) is 7.74. The Morgan fingerprint density at radius 2 is 1.86 bits per heavy atom. The van der Waals surface area contributed by atoms with Gasteiger partial charge < -0.3 is 5.73 Å². The molecule has 0 spiro atoms. The van der Waals surface area contributed by atoms with Gasteiger partial charge in [0.25, 0.3) is 0 Å². The minimum absolute atomic E-state index is 0.252. The van der Waals surface area contributed by atoms with Gasteiger partial charge in [-0.3, -0.25) is 4.90 Å². The van der Waals surface area contributed by atoms with Crippen molar-refractivity contribution < 1.29 is 0 Å². The number of nitrogens with zero attached hydrogens (tertiary/aromatic N) is 1. The zero-order chi connectivity index (χ0) is 15.2.